The Labute approximate surface area is 99.2 Å². The van der Waals surface area contributed by atoms with Crippen molar-refractivity contribution in [3.63, 3.8) is 0 Å². The van der Waals surface area contributed by atoms with Crippen molar-refractivity contribution in [1.82, 2.24) is 0 Å². The Balaban J connectivity index is 2.93. The fraction of sp³-hybridized carbons (Fsp3) is 0.615. The van der Waals surface area contributed by atoms with Gasteiger partial charge in [0.25, 0.3) is 0 Å². The van der Waals surface area contributed by atoms with E-state index in [4.69, 9.17) is 0 Å². The topological polar surface area (TPSA) is 17.1 Å². The van der Waals surface area contributed by atoms with Gasteiger partial charge in [0.05, 0.1) is 0 Å². The van der Waals surface area contributed by atoms with Crippen LogP contribution in [0.15, 0.2) is 21.1 Å². The molecule has 0 aromatic carbocycles. The summed E-state index contributed by atoms with van der Waals surface area (Å²) in [5, 5.41) is 0. The first-order chi connectivity index (χ1) is 6.61. The number of hydrogen-bond donors (Lipinski definition) is 0. The van der Waals surface area contributed by atoms with Crippen LogP contribution in [0.1, 0.15) is 41.5 Å². The molecule has 0 aliphatic carbocycles. The predicted octanol–water partition coefficient (Wildman–Crippen LogP) is 3.13. The second-order valence-corrected chi connectivity index (χ2v) is 8.01. The molecule has 0 atom stereocenters. The Morgan fingerprint density at radius 2 is 1.67 bits per heavy atom. The summed E-state index contributed by atoms with van der Waals surface area (Å²) in [4.78, 5) is 14.3. The minimum atomic E-state index is -0.00763. The van der Waals surface area contributed by atoms with Crippen molar-refractivity contribution in [2.24, 2.45) is 10.8 Å². The van der Waals surface area contributed by atoms with Crippen LogP contribution in [0.4, 0.5) is 0 Å². The van der Waals surface area contributed by atoms with Gasteiger partial charge in [0.15, 0.2) is 0 Å². The quantitative estimate of drug-likeness (QED) is 0.488. The molecule has 84 valence electrons. The van der Waals surface area contributed by atoms with Crippen LogP contribution in [0.2, 0.25) is 0 Å². The first-order valence-corrected chi connectivity index (χ1v) is 7.11. The van der Waals surface area contributed by atoms with Crippen molar-refractivity contribution >= 4 is 20.7 Å². The van der Waals surface area contributed by atoms with Crippen molar-refractivity contribution in [3.8, 4) is 0 Å². The molecule has 0 aromatic heterocycles. The normalized spacial score (nSPS) is 21.1. The average Bonchev–Trinajstić information content (AvgIpc) is 2.27. The molecular weight excluding hydrogens is 251 g/mol. The Kier molecular flexibility index (Phi) is 3.33. The summed E-state index contributed by atoms with van der Waals surface area (Å²) < 4.78 is 1.03. The van der Waals surface area contributed by atoms with Crippen molar-refractivity contribution in [2.45, 2.75) is 41.5 Å². The molecule has 0 bridgehead atoms. The van der Waals surface area contributed by atoms with Gasteiger partial charge in [-0.2, -0.15) is 0 Å². The van der Waals surface area contributed by atoms with Gasteiger partial charge in [-0.25, -0.2) is 0 Å². The second-order valence-electron chi connectivity index (χ2n) is 6.10. The zero-order valence-corrected chi connectivity index (χ0v) is 12.2. The molecule has 0 aromatic rings. The van der Waals surface area contributed by atoms with Crippen molar-refractivity contribution in [1.29, 1.82) is 0 Å². The molecule has 1 nitrogen and oxygen atoms in total. The molecule has 0 spiro atoms. The maximum absolute atomic E-state index is 12.1. The molecule has 1 rings (SSSR count). The number of rotatable bonds is 0. The van der Waals surface area contributed by atoms with Crippen molar-refractivity contribution < 1.29 is 4.79 Å². The van der Waals surface area contributed by atoms with Gasteiger partial charge in [-0.15, -0.1) is 0 Å². The molecular formula is C13H20OSe. The fourth-order valence-corrected chi connectivity index (χ4v) is 4.19. The molecule has 0 saturated carbocycles. The summed E-state index contributed by atoms with van der Waals surface area (Å²) >= 11 is 0.243. The molecule has 0 unspecified atom stereocenters. The van der Waals surface area contributed by atoms with E-state index >= 15 is 0 Å². The number of carbonyl (C=O) groups is 1. The summed E-state index contributed by atoms with van der Waals surface area (Å²) in [6, 6.07) is 0. The minimum absolute atomic E-state index is 0.00763. The van der Waals surface area contributed by atoms with Crippen LogP contribution in [0.25, 0.3) is 0 Å². The Morgan fingerprint density at radius 1 is 1.13 bits per heavy atom. The van der Waals surface area contributed by atoms with E-state index in [9.17, 15) is 4.79 Å². The van der Waals surface area contributed by atoms with E-state index in [1.807, 2.05) is 0 Å². The summed E-state index contributed by atoms with van der Waals surface area (Å²) in [5.41, 5.74) is 1.10. The molecule has 1 aliphatic rings. The molecule has 0 saturated heterocycles. The molecule has 2 heteroatoms. The number of carbonyl (C=O) groups excluding carboxylic acids is 1. The van der Waals surface area contributed by atoms with Gasteiger partial charge in [-0.1, -0.05) is 0 Å². The van der Waals surface area contributed by atoms with Gasteiger partial charge >= 0.3 is 99.0 Å². The number of Topliss-reactive ketones (excluding diaryl/α,β-unsaturated/α-hetero) is 1. The van der Waals surface area contributed by atoms with E-state index in [0.29, 0.717) is 0 Å². The summed E-state index contributed by atoms with van der Waals surface area (Å²) in [6.45, 7) is 12.7. The van der Waals surface area contributed by atoms with Crippen molar-refractivity contribution in [2.75, 3.05) is 0 Å². The zero-order valence-electron chi connectivity index (χ0n) is 10.5. The third kappa shape index (κ3) is 3.32. The van der Waals surface area contributed by atoms with Crippen LogP contribution >= 0.6 is 0 Å². The molecule has 1 aliphatic heterocycles. The monoisotopic (exact) mass is 272 g/mol. The van der Waals surface area contributed by atoms with E-state index in [1.165, 1.54) is 0 Å². The van der Waals surface area contributed by atoms with Gasteiger partial charge in [-0.05, 0) is 0 Å². The van der Waals surface area contributed by atoms with E-state index in [1.54, 1.807) is 0 Å². The Bertz CT molecular complexity index is 335. The molecule has 15 heavy (non-hydrogen) atoms. The maximum atomic E-state index is 12.1. The van der Waals surface area contributed by atoms with Crippen LogP contribution in [0.5, 0.6) is 0 Å². The van der Waals surface area contributed by atoms with E-state index in [-0.39, 0.29) is 31.6 Å². The second kappa shape index (κ2) is 3.92. The van der Waals surface area contributed by atoms with E-state index < -0.39 is 0 Å². The van der Waals surface area contributed by atoms with Gasteiger partial charge in [0, 0.05) is 0 Å². The van der Waals surface area contributed by atoms with E-state index in [0.717, 1.165) is 10.0 Å². The van der Waals surface area contributed by atoms with Gasteiger partial charge < -0.3 is 0 Å². The first-order valence-electron chi connectivity index (χ1n) is 5.26. The van der Waals surface area contributed by atoms with Crippen molar-refractivity contribution in [3.05, 3.63) is 21.1 Å². The number of allylic oxidation sites excluding steroid dienone is 3. The molecule has 0 amide bonds. The number of hydrogen-bond acceptors (Lipinski definition) is 1. The molecule has 0 fully saturated rings. The summed E-state index contributed by atoms with van der Waals surface area (Å²) in [5.74, 6) is 0.275. The third-order valence-electron chi connectivity index (χ3n) is 2.14. The van der Waals surface area contributed by atoms with E-state index in [2.05, 4.69) is 52.6 Å². The SMILES string of the molecule is CC(C)(C)C=C1[Se]C=C(C(C)(C)C)C1=O. The van der Waals surface area contributed by atoms with Crippen LogP contribution in [0, 0.1) is 10.8 Å². The molecule has 0 radical (unpaired) electrons. The third-order valence-corrected chi connectivity index (χ3v) is 4.06. The molecule has 0 N–H and O–H groups in total. The van der Waals surface area contributed by atoms with Crippen LogP contribution in [-0.2, 0) is 4.79 Å². The average molecular weight is 271 g/mol. The predicted molar refractivity (Wildman–Crippen MR) is 65.8 cm³/mol. The fourth-order valence-electron chi connectivity index (χ4n) is 1.37. The Hall–Kier alpha value is -0.331. The van der Waals surface area contributed by atoms with Crippen LogP contribution < -0.4 is 0 Å². The van der Waals surface area contributed by atoms with Gasteiger partial charge in [0.2, 0.25) is 0 Å². The first kappa shape index (κ1) is 12.7. The summed E-state index contributed by atoms with van der Waals surface area (Å²) in [6.07, 6.45) is 2.13. The zero-order chi connectivity index (χ0) is 11.9. The molecule has 1 heterocycles. The summed E-state index contributed by atoms with van der Waals surface area (Å²) in [7, 11) is 0. The standard InChI is InChI=1S/C13H20OSe/c1-12(2,3)7-10-11(14)9(8-15-10)13(4,5)6/h7-8H,1-6H3. The van der Waals surface area contributed by atoms with Gasteiger partial charge in [-0.3, -0.25) is 0 Å². The van der Waals surface area contributed by atoms with Crippen LogP contribution in [-0.4, -0.2) is 20.7 Å². The number of ketones is 1. The van der Waals surface area contributed by atoms with Crippen LogP contribution in [0.3, 0.4) is 0 Å². The van der Waals surface area contributed by atoms with Gasteiger partial charge in [0.1, 0.15) is 0 Å². The Morgan fingerprint density at radius 3 is 2.00 bits per heavy atom.